The van der Waals surface area contributed by atoms with E-state index in [4.69, 9.17) is 18.9 Å². The normalized spacial score (nSPS) is 12.5. The van der Waals surface area contributed by atoms with Crippen LogP contribution in [-0.4, -0.2) is 19.2 Å². The van der Waals surface area contributed by atoms with Gasteiger partial charge in [-0.25, -0.2) is 4.79 Å². The molecule has 304 valence electrons. The smallest absolute Gasteiger partial charge is 0.497 e. The summed E-state index contributed by atoms with van der Waals surface area (Å²) in [6, 6.07) is 65.7. The molecule has 0 aromatic heterocycles. The first kappa shape index (κ1) is 39.7. The van der Waals surface area contributed by atoms with Gasteiger partial charge in [0.05, 0.1) is 12.5 Å². The Labute approximate surface area is 362 Å². The van der Waals surface area contributed by atoms with Crippen molar-refractivity contribution in [1.29, 1.82) is 0 Å². The Bertz CT molecular complexity index is 2830. The van der Waals surface area contributed by atoms with Gasteiger partial charge in [0.25, 0.3) is 0 Å². The van der Waals surface area contributed by atoms with Crippen molar-refractivity contribution in [2.45, 2.75) is 31.6 Å². The van der Waals surface area contributed by atoms with Crippen LogP contribution in [0, 0.1) is 0 Å². The summed E-state index contributed by atoms with van der Waals surface area (Å²) >= 11 is 0. The van der Waals surface area contributed by atoms with E-state index < -0.39 is 11.6 Å². The lowest BCUT2D eigenvalue weighted by Gasteiger charge is -2.34. The Morgan fingerprint density at radius 3 is 1.15 bits per heavy atom. The van der Waals surface area contributed by atoms with Gasteiger partial charge < -0.3 is 18.9 Å². The Kier molecular flexibility index (Phi) is 10.5. The van der Waals surface area contributed by atoms with Crippen LogP contribution >= 0.6 is 0 Å². The van der Waals surface area contributed by atoms with E-state index in [-0.39, 0.29) is 11.4 Å². The third-order valence-corrected chi connectivity index (χ3v) is 12.0. The van der Waals surface area contributed by atoms with Crippen molar-refractivity contribution in [3.63, 3.8) is 0 Å². The molecule has 1 aliphatic rings. The van der Waals surface area contributed by atoms with Crippen LogP contribution in [0.3, 0.4) is 0 Å². The predicted octanol–water partition coefficient (Wildman–Crippen LogP) is 13.2. The minimum Gasteiger partial charge on any atom is -0.497 e. The van der Waals surface area contributed by atoms with Gasteiger partial charge in [-0.05, 0) is 115 Å². The van der Waals surface area contributed by atoms with Gasteiger partial charge in [0.1, 0.15) is 23.0 Å². The van der Waals surface area contributed by atoms with Crippen molar-refractivity contribution >= 4 is 12.1 Å². The maximum absolute atomic E-state index is 12.9. The monoisotopic (exact) mass is 812 g/mol. The van der Waals surface area contributed by atoms with E-state index >= 15 is 0 Å². The zero-order chi connectivity index (χ0) is 42.8. The average Bonchev–Trinajstić information content (AvgIpc) is 3.60. The molecule has 6 heteroatoms. The fourth-order valence-electron chi connectivity index (χ4n) is 8.77. The van der Waals surface area contributed by atoms with Gasteiger partial charge in [-0.1, -0.05) is 159 Å². The highest BCUT2D eigenvalue weighted by Gasteiger charge is 2.45. The molecular formula is C56H44O6. The van der Waals surface area contributed by atoms with Crippen molar-refractivity contribution in [3.05, 3.63) is 228 Å². The fraction of sp³-hybridized carbons (Fsp3) is 0.107. The largest absolute Gasteiger partial charge is 0.519 e. The van der Waals surface area contributed by atoms with Gasteiger partial charge in [-0.15, -0.1) is 0 Å². The van der Waals surface area contributed by atoms with Crippen LogP contribution in [-0.2, 0) is 15.6 Å². The molecule has 9 rings (SSSR count). The van der Waals surface area contributed by atoms with Crippen LogP contribution < -0.4 is 18.9 Å². The molecule has 0 saturated carbocycles. The lowest BCUT2D eigenvalue weighted by molar-refractivity contribution is -0.131. The quantitative estimate of drug-likeness (QED) is 0.0778. The third kappa shape index (κ3) is 7.41. The lowest BCUT2D eigenvalue weighted by Crippen LogP contribution is -2.28. The summed E-state index contributed by atoms with van der Waals surface area (Å²) in [5.74, 6) is 1.72. The summed E-state index contributed by atoms with van der Waals surface area (Å²) in [7, 11) is 1.68. The van der Waals surface area contributed by atoms with Crippen molar-refractivity contribution in [3.8, 4) is 56.4 Å². The molecule has 62 heavy (non-hydrogen) atoms. The van der Waals surface area contributed by atoms with Gasteiger partial charge >= 0.3 is 12.1 Å². The highest BCUT2D eigenvalue weighted by atomic mass is 16.7. The molecule has 1 aliphatic carbocycles. The first-order chi connectivity index (χ1) is 30.1. The number of fused-ring (bicyclic) bond motifs is 3. The number of rotatable bonds is 10. The minimum absolute atomic E-state index is 0.351. The zero-order valence-electron chi connectivity index (χ0n) is 34.9. The molecule has 0 atom stereocenters. The molecule has 8 aromatic rings. The highest BCUT2D eigenvalue weighted by Crippen LogP contribution is 2.56. The number of hydrogen-bond acceptors (Lipinski definition) is 6. The number of esters is 1. The number of hydrogen-bond donors (Lipinski definition) is 0. The number of methoxy groups -OCH3 is 1. The second-order valence-corrected chi connectivity index (χ2v) is 16.0. The van der Waals surface area contributed by atoms with E-state index in [2.05, 4.69) is 123 Å². The number of carbonyl (C=O) groups excluding carboxylic acids is 2. The topological polar surface area (TPSA) is 71.1 Å². The van der Waals surface area contributed by atoms with Crippen LogP contribution in [0.15, 0.2) is 194 Å². The van der Waals surface area contributed by atoms with Crippen LogP contribution in [0.25, 0.3) is 33.4 Å². The molecule has 0 heterocycles. The molecule has 0 N–H and O–H groups in total. The summed E-state index contributed by atoms with van der Waals surface area (Å²) in [6.45, 7) is 5.58. The van der Waals surface area contributed by atoms with E-state index in [1.54, 1.807) is 43.5 Å². The van der Waals surface area contributed by atoms with Gasteiger partial charge in [0.15, 0.2) is 0 Å². The fourth-order valence-corrected chi connectivity index (χ4v) is 8.77. The van der Waals surface area contributed by atoms with Crippen LogP contribution in [0.1, 0.15) is 54.2 Å². The maximum Gasteiger partial charge on any atom is 0.519 e. The molecule has 6 nitrogen and oxygen atoms in total. The summed E-state index contributed by atoms with van der Waals surface area (Å²) in [4.78, 5) is 24.2. The molecular weight excluding hydrogens is 769 g/mol. The van der Waals surface area contributed by atoms with Gasteiger partial charge in [-0.2, -0.15) is 0 Å². The second-order valence-electron chi connectivity index (χ2n) is 16.0. The van der Waals surface area contributed by atoms with Crippen molar-refractivity contribution in [2.75, 3.05) is 7.11 Å². The van der Waals surface area contributed by atoms with Crippen molar-refractivity contribution in [2.24, 2.45) is 0 Å². The zero-order valence-corrected chi connectivity index (χ0v) is 34.9. The van der Waals surface area contributed by atoms with Gasteiger partial charge in [-0.3, -0.25) is 4.79 Å². The molecule has 8 aromatic carbocycles. The highest BCUT2D eigenvalue weighted by molar-refractivity contribution is 5.86. The van der Waals surface area contributed by atoms with E-state index in [0.29, 0.717) is 17.2 Å². The summed E-state index contributed by atoms with van der Waals surface area (Å²) in [5.41, 5.74) is 12.8. The summed E-state index contributed by atoms with van der Waals surface area (Å²) < 4.78 is 21.7. The number of carbonyl (C=O) groups is 2. The molecule has 0 saturated heterocycles. The Morgan fingerprint density at radius 2 is 0.758 bits per heavy atom. The molecule has 0 radical (unpaired) electrons. The van der Waals surface area contributed by atoms with Crippen LogP contribution in [0.4, 0.5) is 4.79 Å². The van der Waals surface area contributed by atoms with Crippen LogP contribution in [0.2, 0.25) is 0 Å². The van der Waals surface area contributed by atoms with E-state index in [9.17, 15) is 9.59 Å². The maximum atomic E-state index is 12.9. The lowest BCUT2D eigenvalue weighted by atomic mass is 9.67. The average molecular weight is 813 g/mol. The second kappa shape index (κ2) is 16.4. The third-order valence-electron chi connectivity index (χ3n) is 12.0. The van der Waals surface area contributed by atoms with E-state index in [0.717, 1.165) is 39.1 Å². The number of ether oxygens (including phenoxy) is 4. The molecule has 0 spiro atoms. The molecule has 0 bridgehead atoms. The standard InChI is InChI=1S/C56H44O6/c1-37(57)60-47-33-25-42(26-34-47)55(2,3)43-27-35-49(36-28-43)62-54(58)61-48-31-19-41(20-32-48)39-15-23-45(24-16-39)56(52-11-7-5-9-50(52)51-10-6-8-12-53(51)56)44-21-13-38(14-22-44)40-17-29-46(59-4)30-18-40/h5-36H,1-4H3. The minimum atomic E-state index is -0.824. The molecule has 0 amide bonds. The Balaban J connectivity index is 0.925. The molecule has 0 fully saturated rings. The molecule has 0 unspecified atom stereocenters. The van der Waals surface area contributed by atoms with E-state index in [1.807, 2.05) is 48.5 Å². The Morgan fingerprint density at radius 1 is 0.419 bits per heavy atom. The van der Waals surface area contributed by atoms with Crippen molar-refractivity contribution < 1.29 is 28.5 Å². The van der Waals surface area contributed by atoms with Gasteiger partial charge in [0.2, 0.25) is 0 Å². The van der Waals surface area contributed by atoms with E-state index in [1.165, 1.54) is 40.3 Å². The molecule has 0 aliphatic heterocycles. The van der Waals surface area contributed by atoms with Crippen molar-refractivity contribution in [1.82, 2.24) is 0 Å². The first-order valence-electron chi connectivity index (χ1n) is 20.6. The first-order valence-corrected chi connectivity index (χ1v) is 20.6. The number of benzene rings is 8. The van der Waals surface area contributed by atoms with Gasteiger partial charge in [0, 0.05) is 12.3 Å². The SMILES string of the molecule is COc1ccc(-c2ccc(C3(c4ccc(-c5ccc(OC(=O)Oc6ccc(C(C)(C)c7ccc(OC(C)=O)cc7)cc6)cc5)cc4)c4ccccc4-c4ccccc43)cc2)cc1. The summed E-state index contributed by atoms with van der Waals surface area (Å²) in [5, 5.41) is 0. The predicted molar refractivity (Wildman–Crippen MR) is 244 cm³/mol. The summed E-state index contributed by atoms with van der Waals surface area (Å²) in [6.07, 6.45) is -0.824. The van der Waals surface area contributed by atoms with Crippen LogP contribution in [0.5, 0.6) is 23.0 Å². The Hall–Kier alpha value is -7.70.